The predicted molar refractivity (Wildman–Crippen MR) is 112 cm³/mol. The Kier molecular flexibility index (Phi) is 5.50. The van der Waals surface area contributed by atoms with E-state index in [1.807, 2.05) is 0 Å². The molecule has 2 saturated carbocycles. The number of rotatable bonds is 4. The second-order valence-corrected chi connectivity index (χ2v) is 9.32. The van der Waals surface area contributed by atoms with Crippen LogP contribution in [0.15, 0.2) is 12.1 Å². The number of carbonyl (C=O) groups excluding carboxylic acids is 5. The third kappa shape index (κ3) is 3.08. The van der Waals surface area contributed by atoms with Crippen molar-refractivity contribution in [2.24, 2.45) is 29.4 Å². The van der Waals surface area contributed by atoms with Crippen molar-refractivity contribution in [3.05, 3.63) is 28.8 Å². The van der Waals surface area contributed by atoms with Crippen molar-refractivity contribution in [3.8, 4) is 5.75 Å². The van der Waals surface area contributed by atoms with Gasteiger partial charge in [0, 0.05) is 13.0 Å². The van der Waals surface area contributed by atoms with E-state index < -0.39 is 64.4 Å². The number of hydrogen-bond acceptors (Lipinski definition) is 9. The molecule has 10 nitrogen and oxygen atoms in total. The van der Waals surface area contributed by atoms with Crippen LogP contribution in [-0.4, -0.2) is 77.0 Å². The number of aromatic hydroxyl groups is 1. The Bertz CT molecular complexity index is 1100. The molecule has 0 bridgehead atoms. The first-order valence-corrected chi connectivity index (χ1v) is 10.6. The number of ether oxygens (including phenoxy) is 1. The van der Waals surface area contributed by atoms with Gasteiger partial charge in [0.25, 0.3) is 0 Å². The fraction of sp³-hybridized carbons (Fsp3) is 0.522. The van der Waals surface area contributed by atoms with Crippen LogP contribution in [-0.2, 0) is 36.9 Å². The van der Waals surface area contributed by atoms with Crippen LogP contribution in [0.5, 0.6) is 5.75 Å². The Labute approximate surface area is 189 Å². The molecular formula is C23H26N2O8. The van der Waals surface area contributed by atoms with Crippen LogP contribution in [0.4, 0.5) is 0 Å². The van der Waals surface area contributed by atoms with Gasteiger partial charge in [-0.2, -0.15) is 0 Å². The topological polar surface area (TPSA) is 164 Å². The van der Waals surface area contributed by atoms with Gasteiger partial charge in [-0.1, -0.05) is 6.07 Å². The zero-order valence-corrected chi connectivity index (χ0v) is 18.5. The number of amides is 1. The monoisotopic (exact) mass is 458 g/mol. The molecule has 4 rings (SSSR count). The minimum atomic E-state index is -2.71. The lowest BCUT2D eigenvalue weighted by atomic mass is 9.52. The summed E-state index contributed by atoms with van der Waals surface area (Å²) in [5, 5.41) is 21.9. The van der Waals surface area contributed by atoms with Crippen molar-refractivity contribution in [3.63, 3.8) is 0 Å². The van der Waals surface area contributed by atoms with Crippen molar-refractivity contribution in [2.45, 2.75) is 31.1 Å². The third-order valence-electron chi connectivity index (χ3n) is 7.34. The Hall–Kier alpha value is -2.95. The molecule has 6 atom stereocenters. The Morgan fingerprint density at radius 2 is 1.88 bits per heavy atom. The van der Waals surface area contributed by atoms with Crippen molar-refractivity contribution in [2.75, 3.05) is 21.2 Å². The first-order valence-electron chi connectivity index (χ1n) is 10.6. The number of benzene rings is 1. The highest BCUT2D eigenvalue weighted by Crippen LogP contribution is 2.51. The van der Waals surface area contributed by atoms with Gasteiger partial charge in [0.1, 0.15) is 5.75 Å². The molecule has 3 aliphatic carbocycles. The number of hydrogen-bond donors (Lipinski definition) is 3. The molecule has 2 unspecified atom stereocenters. The van der Waals surface area contributed by atoms with Crippen LogP contribution in [0.3, 0.4) is 0 Å². The molecule has 0 radical (unpaired) electrons. The molecule has 10 heteroatoms. The summed E-state index contributed by atoms with van der Waals surface area (Å²) in [6.07, 6.45) is 0.241. The van der Waals surface area contributed by atoms with Crippen LogP contribution in [0.1, 0.15) is 27.9 Å². The van der Waals surface area contributed by atoms with E-state index in [-0.39, 0.29) is 30.8 Å². The number of nitrogens with two attached hydrogens (primary N) is 1. The van der Waals surface area contributed by atoms with E-state index >= 15 is 0 Å². The number of aliphatic hydroxyl groups is 1. The second-order valence-electron chi connectivity index (χ2n) is 9.32. The van der Waals surface area contributed by atoms with E-state index in [1.165, 1.54) is 18.1 Å². The Morgan fingerprint density at radius 1 is 1.21 bits per heavy atom. The van der Waals surface area contributed by atoms with Crippen LogP contribution in [0, 0.1) is 23.7 Å². The molecule has 0 saturated heterocycles. The largest absolute Gasteiger partial charge is 0.507 e. The number of likely N-dealkylation sites (N-methyl/N-ethyl adjacent to an activating group) is 1. The molecule has 0 heterocycles. The number of Topliss-reactive ketones (excluding diaryl/α,β-unsaturated/α-hetero) is 4. The molecule has 3 aliphatic rings. The Balaban J connectivity index is 1.87. The molecule has 0 aromatic heterocycles. The van der Waals surface area contributed by atoms with Gasteiger partial charge in [-0.05, 0) is 50.0 Å². The third-order valence-corrected chi connectivity index (χ3v) is 7.34. The molecular weight excluding hydrogens is 432 g/mol. The minimum Gasteiger partial charge on any atom is -0.507 e. The summed E-state index contributed by atoms with van der Waals surface area (Å²) in [6.45, 7) is 0.187. The van der Waals surface area contributed by atoms with Crippen molar-refractivity contribution in [1.29, 1.82) is 0 Å². The molecule has 1 aromatic rings. The number of methoxy groups -OCH3 is 1. The molecule has 1 amide bonds. The van der Waals surface area contributed by atoms with E-state index in [4.69, 9.17) is 10.5 Å². The van der Waals surface area contributed by atoms with E-state index in [0.29, 0.717) is 11.1 Å². The van der Waals surface area contributed by atoms with Gasteiger partial charge in [0.15, 0.2) is 34.7 Å². The first kappa shape index (κ1) is 23.2. The number of nitrogens with zero attached hydrogens (tertiary/aromatic N) is 1. The van der Waals surface area contributed by atoms with E-state index in [2.05, 4.69) is 0 Å². The highest BCUT2D eigenvalue weighted by molar-refractivity contribution is 6.32. The average Bonchev–Trinajstić information content (AvgIpc) is 2.72. The summed E-state index contributed by atoms with van der Waals surface area (Å²) in [4.78, 5) is 66.7. The number of primary amides is 1. The standard InChI is InChI=1S/C23H26N2O8/c1-25(2)17-12-7-10-6-11-9(8-33-3)4-5-13(26)15(11)18(27)14(10)20(29)23(12,32)21(30)16(19(17)28)22(24)31/h4-5,10,12,14,16-17,26,32H,6-8H2,1-3H3,(H2,24,31)/t10-,12-,14?,16?,17-,23-/m1/s1. The molecule has 2 fully saturated rings. The van der Waals surface area contributed by atoms with Gasteiger partial charge < -0.3 is 20.7 Å². The fourth-order valence-electron chi connectivity index (χ4n) is 5.96. The number of fused-ring (bicyclic) bond motifs is 3. The number of phenols is 1. The van der Waals surface area contributed by atoms with Gasteiger partial charge in [-0.3, -0.25) is 28.9 Å². The predicted octanol–water partition coefficient (Wildman–Crippen LogP) is -0.987. The SMILES string of the molecule is COCc1ccc(O)c2c1C[C@@H]1C[C@@H]3[C@@H](N(C)C)C(=O)C(C(N)=O)C(=O)[C@]3(O)C(=O)C1C2=O. The van der Waals surface area contributed by atoms with Gasteiger partial charge in [0.2, 0.25) is 5.91 Å². The summed E-state index contributed by atoms with van der Waals surface area (Å²) in [5.74, 6) is -10.5. The van der Waals surface area contributed by atoms with Crippen molar-refractivity contribution >= 4 is 29.0 Å². The molecule has 4 N–H and O–H groups in total. The van der Waals surface area contributed by atoms with Crippen LogP contribution >= 0.6 is 0 Å². The lowest BCUT2D eigenvalue weighted by Gasteiger charge is -2.52. The van der Waals surface area contributed by atoms with E-state index in [1.54, 1.807) is 20.2 Å². The number of carbonyl (C=O) groups is 5. The Morgan fingerprint density at radius 3 is 2.45 bits per heavy atom. The average molecular weight is 458 g/mol. The summed E-state index contributed by atoms with van der Waals surface area (Å²) in [6, 6.07) is 1.86. The lowest BCUT2D eigenvalue weighted by Crippen LogP contribution is -2.74. The maximum absolute atomic E-state index is 13.6. The van der Waals surface area contributed by atoms with Gasteiger partial charge in [-0.25, -0.2) is 0 Å². The van der Waals surface area contributed by atoms with Crippen LogP contribution in [0.2, 0.25) is 0 Å². The summed E-state index contributed by atoms with van der Waals surface area (Å²) in [5.41, 5.74) is 3.77. The fourth-order valence-corrected chi connectivity index (χ4v) is 5.96. The van der Waals surface area contributed by atoms with Gasteiger partial charge in [0.05, 0.1) is 24.1 Å². The molecule has 176 valence electrons. The molecule has 0 aliphatic heterocycles. The highest BCUT2D eigenvalue weighted by atomic mass is 16.5. The maximum atomic E-state index is 13.6. The smallest absolute Gasteiger partial charge is 0.235 e. The quantitative estimate of drug-likeness (QED) is 0.481. The molecule has 1 aromatic carbocycles. The molecule has 0 spiro atoms. The zero-order chi connectivity index (χ0) is 24.4. The second kappa shape index (κ2) is 7.82. The van der Waals surface area contributed by atoms with Gasteiger partial charge in [-0.15, -0.1) is 0 Å². The lowest BCUT2D eigenvalue weighted by molar-refractivity contribution is -0.181. The summed E-state index contributed by atoms with van der Waals surface area (Å²) >= 11 is 0. The maximum Gasteiger partial charge on any atom is 0.235 e. The van der Waals surface area contributed by atoms with Crippen molar-refractivity contribution in [1.82, 2.24) is 4.90 Å². The highest BCUT2D eigenvalue weighted by Gasteiger charge is 2.69. The number of ketones is 4. The van der Waals surface area contributed by atoms with Crippen molar-refractivity contribution < 1.29 is 38.9 Å². The van der Waals surface area contributed by atoms with E-state index in [9.17, 15) is 34.2 Å². The molecule has 33 heavy (non-hydrogen) atoms. The minimum absolute atomic E-state index is 0.0198. The van der Waals surface area contributed by atoms with E-state index in [0.717, 1.165) is 0 Å². The zero-order valence-electron chi connectivity index (χ0n) is 18.5. The van der Waals surface area contributed by atoms with Crippen LogP contribution in [0.25, 0.3) is 0 Å². The summed E-state index contributed by atoms with van der Waals surface area (Å²) < 4.78 is 5.20. The first-order chi connectivity index (χ1) is 15.5. The van der Waals surface area contributed by atoms with Crippen LogP contribution < -0.4 is 5.73 Å². The normalized spacial score (nSPS) is 33.5. The summed E-state index contributed by atoms with van der Waals surface area (Å²) in [7, 11) is 4.58. The van der Waals surface area contributed by atoms with Gasteiger partial charge >= 0.3 is 0 Å². The number of phenolic OH excluding ortho intramolecular Hbond substituents is 1.